The molecule has 0 aromatic heterocycles. The molecule has 5 fully saturated rings. The second-order valence-electron chi connectivity index (χ2n) is 12.0. The van der Waals surface area contributed by atoms with E-state index in [4.69, 9.17) is 5.73 Å². The summed E-state index contributed by atoms with van der Waals surface area (Å²) >= 11 is 0. The van der Waals surface area contributed by atoms with Gasteiger partial charge in [-0.3, -0.25) is 10.9 Å². The van der Waals surface area contributed by atoms with Crippen LogP contribution in [0.3, 0.4) is 0 Å². The van der Waals surface area contributed by atoms with E-state index in [1.165, 1.54) is 51.4 Å². The van der Waals surface area contributed by atoms with E-state index < -0.39 is 0 Å². The average Bonchev–Trinajstić information content (AvgIpc) is 3.23. The Morgan fingerprint density at radius 2 is 1.58 bits per heavy atom. The summed E-state index contributed by atoms with van der Waals surface area (Å²) in [5.74, 6) is 4.49. The fraction of sp³-hybridized carbons (Fsp3) is 0.960. The smallest absolute Gasteiger partial charge is 0.0686 e. The van der Waals surface area contributed by atoms with Crippen LogP contribution in [-0.4, -0.2) is 37.4 Å². The van der Waals surface area contributed by atoms with Crippen LogP contribution in [0.15, 0.2) is 0 Å². The van der Waals surface area contributed by atoms with Crippen LogP contribution in [0.5, 0.6) is 0 Å². The number of rotatable bonds is 3. The van der Waals surface area contributed by atoms with Gasteiger partial charge < -0.3 is 16.4 Å². The summed E-state index contributed by atoms with van der Waals surface area (Å²) in [5, 5.41) is 16.9. The van der Waals surface area contributed by atoms with Crippen molar-refractivity contribution in [1.82, 2.24) is 21.5 Å². The maximum absolute atomic E-state index is 9.57. The summed E-state index contributed by atoms with van der Waals surface area (Å²) in [5.41, 5.74) is 13.6. The zero-order valence-corrected chi connectivity index (χ0v) is 19.6. The molecule has 0 aromatic rings. The number of hydrogen-bond donors (Lipinski definition) is 5. The molecule has 0 amide bonds. The molecule has 174 valence electrons. The summed E-state index contributed by atoms with van der Waals surface area (Å²) in [6, 6.07) is 4.43. The molecule has 2 saturated carbocycles. The van der Waals surface area contributed by atoms with E-state index in [1.54, 1.807) is 0 Å². The second-order valence-corrected chi connectivity index (χ2v) is 12.0. The number of hydrazine groups is 1. The molecule has 0 radical (unpaired) electrons. The third-order valence-corrected chi connectivity index (χ3v) is 10.1. The van der Waals surface area contributed by atoms with Gasteiger partial charge >= 0.3 is 0 Å². The molecular formula is C25H44N6. The minimum absolute atomic E-state index is 0.180. The van der Waals surface area contributed by atoms with Crippen molar-refractivity contribution >= 4 is 0 Å². The molecule has 6 nitrogen and oxygen atoms in total. The van der Waals surface area contributed by atoms with E-state index in [1.807, 2.05) is 0 Å². The zero-order valence-electron chi connectivity index (χ0n) is 19.6. The first-order chi connectivity index (χ1) is 15.0. The summed E-state index contributed by atoms with van der Waals surface area (Å²) in [4.78, 5) is 0. The molecule has 6 N–H and O–H groups in total. The van der Waals surface area contributed by atoms with Crippen molar-refractivity contribution in [3.63, 3.8) is 0 Å². The molecule has 0 spiro atoms. The molecule has 5 aliphatic rings. The van der Waals surface area contributed by atoms with E-state index in [2.05, 4.69) is 41.4 Å². The molecule has 0 aromatic carbocycles. The molecule has 8 atom stereocenters. The Hall–Kier alpha value is -0.710. The lowest BCUT2D eigenvalue weighted by atomic mass is 9.60. The lowest BCUT2D eigenvalue weighted by Gasteiger charge is -2.50. The van der Waals surface area contributed by atoms with E-state index in [0.717, 1.165) is 49.1 Å². The first-order valence-corrected chi connectivity index (χ1v) is 13.1. The Morgan fingerprint density at radius 1 is 0.839 bits per heavy atom. The molecule has 5 rings (SSSR count). The van der Waals surface area contributed by atoms with Crippen LogP contribution in [0, 0.1) is 52.3 Å². The molecule has 0 bridgehead atoms. The fourth-order valence-electron chi connectivity index (χ4n) is 8.16. The molecule has 2 aliphatic carbocycles. The van der Waals surface area contributed by atoms with Gasteiger partial charge in [0, 0.05) is 24.7 Å². The standard InChI is InChI=1S/C25H44N6/c1-25(2,14-26)18-6-3-15(4-7-18)24-23-19-11-16(17-9-10-28-22(27)12-17)5-8-20(19)29-13-21(23)30-31-24/h15-24,28-31H,3-13,27H2,1-2H3. The molecule has 6 heteroatoms. The largest absolute Gasteiger partial charge is 0.316 e. The number of hydrogen-bond acceptors (Lipinski definition) is 6. The molecule has 31 heavy (non-hydrogen) atoms. The Bertz CT molecular complexity index is 665. The third kappa shape index (κ3) is 4.29. The van der Waals surface area contributed by atoms with Crippen molar-refractivity contribution in [2.24, 2.45) is 46.7 Å². The van der Waals surface area contributed by atoms with E-state index >= 15 is 0 Å². The average molecular weight is 429 g/mol. The van der Waals surface area contributed by atoms with Crippen molar-refractivity contribution in [1.29, 1.82) is 5.26 Å². The van der Waals surface area contributed by atoms with Gasteiger partial charge in [-0.15, -0.1) is 0 Å². The molecular weight excluding hydrogens is 384 g/mol. The maximum Gasteiger partial charge on any atom is 0.0686 e. The number of fused-ring (bicyclic) bond motifs is 3. The Labute approximate surface area is 188 Å². The van der Waals surface area contributed by atoms with Crippen LogP contribution >= 0.6 is 0 Å². The van der Waals surface area contributed by atoms with Crippen LogP contribution < -0.4 is 27.2 Å². The van der Waals surface area contributed by atoms with Crippen molar-refractivity contribution in [3.8, 4) is 6.07 Å². The highest BCUT2D eigenvalue weighted by Crippen LogP contribution is 2.48. The number of nitrogens with two attached hydrogens (primary N) is 1. The van der Waals surface area contributed by atoms with E-state index in [0.29, 0.717) is 24.0 Å². The van der Waals surface area contributed by atoms with Gasteiger partial charge in [0.2, 0.25) is 0 Å². The zero-order chi connectivity index (χ0) is 21.6. The maximum atomic E-state index is 9.57. The molecule has 8 unspecified atom stereocenters. The summed E-state index contributed by atoms with van der Waals surface area (Å²) < 4.78 is 0. The van der Waals surface area contributed by atoms with Crippen molar-refractivity contribution in [2.45, 2.75) is 95.9 Å². The normalized spacial score (nSPS) is 48.5. The Kier molecular flexibility index (Phi) is 6.35. The fourth-order valence-corrected chi connectivity index (χ4v) is 8.16. The summed E-state index contributed by atoms with van der Waals surface area (Å²) in [6.45, 7) is 6.47. The summed E-state index contributed by atoms with van der Waals surface area (Å²) in [6.07, 6.45) is 11.7. The highest BCUT2D eigenvalue weighted by atomic mass is 15.4. The quantitative estimate of drug-likeness (QED) is 0.474. The number of nitrogens with one attached hydrogen (secondary N) is 4. The lowest BCUT2D eigenvalue weighted by molar-refractivity contribution is 0.0428. The Balaban J connectivity index is 1.26. The third-order valence-electron chi connectivity index (χ3n) is 10.1. The number of nitrogens with zero attached hydrogens (tertiary/aromatic N) is 1. The van der Waals surface area contributed by atoms with Gasteiger partial charge in [0.25, 0.3) is 0 Å². The van der Waals surface area contributed by atoms with Crippen LogP contribution in [0.2, 0.25) is 0 Å². The predicted octanol–water partition coefficient (Wildman–Crippen LogP) is 2.48. The van der Waals surface area contributed by atoms with Gasteiger partial charge in [0.05, 0.1) is 17.6 Å². The van der Waals surface area contributed by atoms with Gasteiger partial charge in [0.15, 0.2) is 0 Å². The predicted molar refractivity (Wildman–Crippen MR) is 124 cm³/mol. The topological polar surface area (TPSA) is 97.9 Å². The van der Waals surface area contributed by atoms with Crippen LogP contribution in [0.25, 0.3) is 0 Å². The van der Waals surface area contributed by atoms with Crippen molar-refractivity contribution < 1.29 is 0 Å². The molecule has 3 aliphatic heterocycles. The van der Waals surface area contributed by atoms with Crippen LogP contribution in [0.4, 0.5) is 0 Å². The highest BCUT2D eigenvalue weighted by Gasteiger charge is 2.52. The van der Waals surface area contributed by atoms with Crippen molar-refractivity contribution in [3.05, 3.63) is 0 Å². The molecule has 3 saturated heterocycles. The minimum atomic E-state index is -0.180. The summed E-state index contributed by atoms with van der Waals surface area (Å²) in [7, 11) is 0. The van der Waals surface area contributed by atoms with Gasteiger partial charge in [0.1, 0.15) is 0 Å². The van der Waals surface area contributed by atoms with Crippen molar-refractivity contribution in [2.75, 3.05) is 13.1 Å². The van der Waals surface area contributed by atoms with Gasteiger partial charge in [-0.1, -0.05) is 0 Å². The van der Waals surface area contributed by atoms with Gasteiger partial charge in [-0.25, -0.2) is 0 Å². The van der Waals surface area contributed by atoms with Crippen LogP contribution in [-0.2, 0) is 0 Å². The Morgan fingerprint density at radius 3 is 2.32 bits per heavy atom. The minimum Gasteiger partial charge on any atom is -0.316 e. The highest BCUT2D eigenvalue weighted by molar-refractivity contribution is 5.08. The second kappa shape index (κ2) is 8.91. The monoisotopic (exact) mass is 428 g/mol. The van der Waals surface area contributed by atoms with Gasteiger partial charge in [-0.05, 0) is 114 Å². The van der Waals surface area contributed by atoms with Crippen LogP contribution in [0.1, 0.15) is 71.6 Å². The number of piperidine rings is 2. The van der Waals surface area contributed by atoms with Gasteiger partial charge in [-0.2, -0.15) is 5.26 Å². The molecule has 3 heterocycles. The van der Waals surface area contributed by atoms with E-state index in [-0.39, 0.29) is 11.6 Å². The lowest BCUT2D eigenvalue weighted by Crippen LogP contribution is -2.59. The number of nitriles is 1. The SMILES string of the molecule is CC(C)(C#N)C1CCC(C2NNC3CNC4CCC(C5CCNC(N)C5)CC4C32)CC1. The van der Waals surface area contributed by atoms with E-state index in [9.17, 15) is 5.26 Å². The first-order valence-electron chi connectivity index (χ1n) is 13.1. The first kappa shape index (κ1) is 22.1.